The van der Waals surface area contributed by atoms with Gasteiger partial charge in [0.05, 0.1) is 25.9 Å². The molecular formula is C14H21NO3. The number of aliphatic hydroxyl groups excluding tert-OH is 1. The summed E-state index contributed by atoms with van der Waals surface area (Å²) in [6.07, 6.45) is 5.00. The molecule has 100 valence electrons. The van der Waals surface area contributed by atoms with Crippen molar-refractivity contribution in [2.24, 2.45) is 5.73 Å². The molecule has 0 unspecified atom stereocenters. The van der Waals surface area contributed by atoms with Crippen molar-refractivity contribution in [1.82, 2.24) is 0 Å². The summed E-state index contributed by atoms with van der Waals surface area (Å²) in [5.74, 6) is 1.45. The Balaban J connectivity index is 2.14. The van der Waals surface area contributed by atoms with E-state index in [4.69, 9.17) is 20.3 Å². The summed E-state index contributed by atoms with van der Waals surface area (Å²) in [7, 11) is 1.62. The molecule has 4 nitrogen and oxygen atoms in total. The van der Waals surface area contributed by atoms with Crippen molar-refractivity contribution in [3.05, 3.63) is 23.8 Å². The maximum absolute atomic E-state index is 9.05. The fraction of sp³-hybridized carbons (Fsp3) is 0.571. The van der Waals surface area contributed by atoms with Crippen molar-refractivity contribution < 1.29 is 14.6 Å². The van der Waals surface area contributed by atoms with E-state index in [0.717, 1.165) is 24.2 Å². The van der Waals surface area contributed by atoms with Crippen LogP contribution in [0.1, 0.15) is 37.3 Å². The van der Waals surface area contributed by atoms with Crippen LogP contribution < -0.4 is 15.2 Å². The van der Waals surface area contributed by atoms with Crippen molar-refractivity contribution in [1.29, 1.82) is 0 Å². The molecule has 2 rings (SSSR count). The minimum Gasteiger partial charge on any atom is -0.493 e. The Kier molecular flexibility index (Phi) is 4.44. The molecule has 0 amide bonds. The first-order valence-electron chi connectivity index (χ1n) is 6.45. The number of aliphatic hydroxyl groups is 1. The molecule has 0 spiro atoms. The Hall–Kier alpha value is -1.26. The van der Waals surface area contributed by atoms with E-state index in [2.05, 4.69) is 0 Å². The molecule has 0 aliphatic heterocycles. The van der Waals surface area contributed by atoms with Crippen LogP contribution in [0, 0.1) is 0 Å². The summed E-state index contributed by atoms with van der Waals surface area (Å²) in [6, 6.07) is 5.22. The van der Waals surface area contributed by atoms with Crippen LogP contribution >= 0.6 is 0 Å². The standard InChI is InChI=1S/C14H21NO3/c1-17-14-8-10(12(15)9-16)6-7-13(14)18-11-4-2-3-5-11/h6-8,11-12,16H,2-5,9,15H2,1H3/t12-/m1/s1. The molecule has 4 heteroatoms. The van der Waals surface area contributed by atoms with Crippen molar-refractivity contribution in [3.8, 4) is 11.5 Å². The molecule has 18 heavy (non-hydrogen) atoms. The van der Waals surface area contributed by atoms with E-state index < -0.39 is 0 Å². The van der Waals surface area contributed by atoms with Gasteiger partial charge in [-0.3, -0.25) is 0 Å². The van der Waals surface area contributed by atoms with Crippen LogP contribution in [0.3, 0.4) is 0 Å². The highest BCUT2D eigenvalue weighted by Gasteiger charge is 2.19. The van der Waals surface area contributed by atoms with Crippen LogP contribution in [0.2, 0.25) is 0 Å². The van der Waals surface area contributed by atoms with Crippen LogP contribution in [0.25, 0.3) is 0 Å². The molecule has 1 fully saturated rings. The first-order chi connectivity index (χ1) is 8.74. The Bertz CT molecular complexity index is 389. The van der Waals surface area contributed by atoms with Crippen LogP contribution in [-0.4, -0.2) is 24.9 Å². The third-order valence-corrected chi connectivity index (χ3v) is 3.41. The summed E-state index contributed by atoms with van der Waals surface area (Å²) in [6.45, 7) is -0.0774. The summed E-state index contributed by atoms with van der Waals surface area (Å²) in [5, 5.41) is 9.05. The maximum Gasteiger partial charge on any atom is 0.161 e. The molecular weight excluding hydrogens is 230 g/mol. The summed E-state index contributed by atoms with van der Waals surface area (Å²) in [5.41, 5.74) is 6.64. The quantitative estimate of drug-likeness (QED) is 0.840. The lowest BCUT2D eigenvalue weighted by Crippen LogP contribution is -2.15. The van der Waals surface area contributed by atoms with Crippen LogP contribution in [0.15, 0.2) is 18.2 Å². The van der Waals surface area contributed by atoms with Crippen molar-refractivity contribution in [3.63, 3.8) is 0 Å². The van der Waals surface area contributed by atoms with E-state index in [9.17, 15) is 0 Å². The highest BCUT2D eigenvalue weighted by Crippen LogP contribution is 2.33. The van der Waals surface area contributed by atoms with Crippen LogP contribution in [0.4, 0.5) is 0 Å². The van der Waals surface area contributed by atoms with Gasteiger partial charge in [-0.15, -0.1) is 0 Å². The molecule has 3 N–H and O–H groups in total. The van der Waals surface area contributed by atoms with E-state index in [0.29, 0.717) is 11.9 Å². The van der Waals surface area contributed by atoms with Gasteiger partial charge in [-0.2, -0.15) is 0 Å². The molecule has 0 aromatic heterocycles. The van der Waals surface area contributed by atoms with Gasteiger partial charge in [0.2, 0.25) is 0 Å². The molecule has 0 radical (unpaired) electrons. The number of hydrogen-bond acceptors (Lipinski definition) is 4. The second kappa shape index (κ2) is 6.07. The number of hydrogen-bond donors (Lipinski definition) is 2. The second-order valence-corrected chi connectivity index (χ2v) is 4.72. The Morgan fingerprint density at radius 3 is 2.67 bits per heavy atom. The normalized spacial score (nSPS) is 17.7. The summed E-state index contributed by atoms with van der Waals surface area (Å²) < 4.78 is 11.3. The van der Waals surface area contributed by atoms with Gasteiger partial charge in [-0.1, -0.05) is 6.07 Å². The number of benzene rings is 1. The SMILES string of the molecule is COc1cc([C@H](N)CO)ccc1OC1CCCC1. The van der Waals surface area contributed by atoms with E-state index in [1.54, 1.807) is 7.11 Å². The predicted octanol–water partition coefficient (Wildman–Crippen LogP) is 2.01. The fourth-order valence-corrected chi connectivity index (χ4v) is 2.30. The zero-order valence-corrected chi connectivity index (χ0v) is 10.8. The van der Waals surface area contributed by atoms with Crippen LogP contribution in [-0.2, 0) is 0 Å². The first kappa shape index (κ1) is 13.2. The predicted molar refractivity (Wildman–Crippen MR) is 69.9 cm³/mol. The molecule has 0 bridgehead atoms. The second-order valence-electron chi connectivity index (χ2n) is 4.72. The number of methoxy groups -OCH3 is 1. The van der Waals surface area contributed by atoms with Gasteiger partial charge < -0.3 is 20.3 Å². The van der Waals surface area contributed by atoms with E-state index >= 15 is 0 Å². The Morgan fingerprint density at radius 2 is 2.06 bits per heavy atom. The number of rotatable bonds is 5. The van der Waals surface area contributed by atoms with Gasteiger partial charge in [-0.05, 0) is 43.4 Å². The Morgan fingerprint density at radius 1 is 1.33 bits per heavy atom. The lowest BCUT2D eigenvalue weighted by molar-refractivity contribution is 0.200. The van der Waals surface area contributed by atoms with Crippen LogP contribution in [0.5, 0.6) is 11.5 Å². The van der Waals surface area contributed by atoms with E-state index in [1.165, 1.54) is 12.8 Å². The molecule has 0 saturated heterocycles. The molecule has 1 atom stereocenters. The molecule has 1 aliphatic carbocycles. The van der Waals surface area contributed by atoms with Gasteiger partial charge in [0.1, 0.15) is 0 Å². The van der Waals surface area contributed by atoms with Gasteiger partial charge in [0.15, 0.2) is 11.5 Å². The fourth-order valence-electron chi connectivity index (χ4n) is 2.30. The van der Waals surface area contributed by atoms with E-state index in [1.807, 2.05) is 18.2 Å². The van der Waals surface area contributed by atoms with Gasteiger partial charge in [-0.25, -0.2) is 0 Å². The minimum atomic E-state index is -0.376. The molecule has 1 saturated carbocycles. The number of nitrogens with two attached hydrogens (primary N) is 1. The van der Waals surface area contributed by atoms with Gasteiger partial charge in [0, 0.05) is 0 Å². The van der Waals surface area contributed by atoms with Crippen molar-refractivity contribution in [2.75, 3.05) is 13.7 Å². The summed E-state index contributed by atoms with van der Waals surface area (Å²) >= 11 is 0. The summed E-state index contributed by atoms with van der Waals surface area (Å²) in [4.78, 5) is 0. The largest absolute Gasteiger partial charge is 0.493 e. The van der Waals surface area contributed by atoms with Crippen molar-refractivity contribution in [2.45, 2.75) is 37.8 Å². The highest BCUT2D eigenvalue weighted by molar-refractivity contribution is 5.44. The maximum atomic E-state index is 9.05. The third kappa shape index (κ3) is 2.94. The molecule has 1 aliphatic rings. The lowest BCUT2D eigenvalue weighted by Gasteiger charge is -2.17. The average molecular weight is 251 g/mol. The topological polar surface area (TPSA) is 64.7 Å². The Labute approximate surface area is 108 Å². The first-order valence-corrected chi connectivity index (χ1v) is 6.45. The number of ether oxygens (including phenoxy) is 2. The molecule has 1 aromatic carbocycles. The van der Waals surface area contributed by atoms with Crippen molar-refractivity contribution >= 4 is 0 Å². The van der Waals surface area contributed by atoms with E-state index in [-0.39, 0.29) is 12.6 Å². The molecule has 1 aromatic rings. The lowest BCUT2D eigenvalue weighted by atomic mass is 10.1. The smallest absolute Gasteiger partial charge is 0.161 e. The third-order valence-electron chi connectivity index (χ3n) is 3.41. The highest BCUT2D eigenvalue weighted by atomic mass is 16.5. The van der Waals surface area contributed by atoms with Gasteiger partial charge >= 0.3 is 0 Å². The minimum absolute atomic E-state index is 0.0774. The monoisotopic (exact) mass is 251 g/mol. The molecule has 0 heterocycles. The zero-order valence-electron chi connectivity index (χ0n) is 10.8. The zero-order chi connectivity index (χ0) is 13.0. The van der Waals surface area contributed by atoms with Gasteiger partial charge in [0.25, 0.3) is 0 Å². The average Bonchev–Trinajstić information content (AvgIpc) is 2.91.